The third-order valence-electron chi connectivity index (χ3n) is 5.99. The minimum Gasteiger partial charge on any atom is -0.481 e. The van der Waals surface area contributed by atoms with Gasteiger partial charge in [0.05, 0.1) is 17.2 Å². The van der Waals surface area contributed by atoms with Gasteiger partial charge < -0.3 is 15.2 Å². The molecule has 0 radical (unpaired) electrons. The normalized spacial score (nSPS) is 12.9. The lowest BCUT2D eigenvalue weighted by molar-refractivity contribution is -0.140. The maximum absolute atomic E-state index is 12.7. The first-order chi connectivity index (χ1) is 16.3. The van der Waals surface area contributed by atoms with Crippen molar-refractivity contribution in [2.24, 2.45) is 5.92 Å². The van der Waals surface area contributed by atoms with Crippen LogP contribution < -0.4 is 10.6 Å². The van der Waals surface area contributed by atoms with E-state index >= 15 is 0 Å². The number of nitrogens with one attached hydrogen (secondary N) is 2. The minimum absolute atomic E-state index is 0.0213. The lowest BCUT2D eigenvalue weighted by Crippen LogP contribution is -2.32. The molecule has 174 valence electrons. The monoisotopic (exact) mass is 458 g/mol. The molecular weight excluding hydrogens is 432 g/mol. The van der Waals surface area contributed by atoms with Crippen molar-refractivity contribution in [3.05, 3.63) is 89.0 Å². The SMILES string of the molecule is Cc1ccc(NC(=O)OCC2c3ccccc3-c3ccccc32)c(C(=O)NCC(C)C(=O)O)c1. The molecule has 1 aliphatic carbocycles. The summed E-state index contributed by atoms with van der Waals surface area (Å²) >= 11 is 0. The molecule has 0 aromatic heterocycles. The van der Waals surface area contributed by atoms with Crippen LogP contribution in [0.15, 0.2) is 66.7 Å². The number of carbonyl (C=O) groups is 3. The first-order valence-electron chi connectivity index (χ1n) is 11.1. The number of aryl methyl sites for hydroxylation is 1. The van der Waals surface area contributed by atoms with Gasteiger partial charge >= 0.3 is 12.1 Å². The number of hydrogen-bond acceptors (Lipinski definition) is 4. The first-order valence-corrected chi connectivity index (χ1v) is 11.1. The van der Waals surface area contributed by atoms with Crippen molar-refractivity contribution < 1.29 is 24.2 Å². The molecule has 1 aliphatic rings. The molecular formula is C27H26N2O5. The van der Waals surface area contributed by atoms with Gasteiger partial charge in [-0.05, 0) is 41.3 Å². The fourth-order valence-corrected chi connectivity index (χ4v) is 4.13. The predicted molar refractivity (Wildman–Crippen MR) is 129 cm³/mol. The quantitative estimate of drug-likeness (QED) is 0.471. The van der Waals surface area contributed by atoms with E-state index in [1.807, 2.05) is 43.3 Å². The van der Waals surface area contributed by atoms with Gasteiger partial charge in [-0.1, -0.05) is 67.1 Å². The fourth-order valence-electron chi connectivity index (χ4n) is 4.13. The number of carboxylic acids is 1. The van der Waals surface area contributed by atoms with Crippen LogP contribution in [0.3, 0.4) is 0 Å². The molecule has 3 N–H and O–H groups in total. The topological polar surface area (TPSA) is 105 Å². The van der Waals surface area contributed by atoms with Crippen LogP contribution in [0.25, 0.3) is 11.1 Å². The summed E-state index contributed by atoms with van der Waals surface area (Å²) in [6.45, 7) is 3.47. The van der Waals surface area contributed by atoms with Crippen LogP contribution in [0.1, 0.15) is 39.9 Å². The Balaban J connectivity index is 1.45. The molecule has 0 saturated carbocycles. The zero-order chi connectivity index (χ0) is 24.2. The predicted octanol–water partition coefficient (Wildman–Crippen LogP) is 4.81. The molecule has 7 nitrogen and oxygen atoms in total. The third-order valence-corrected chi connectivity index (χ3v) is 5.99. The van der Waals surface area contributed by atoms with E-state index in [0.29, 0.717) is 5.69 Å². The summed E-state index contributed by atoms with van der Waals surface area (Å²) in [6.07, 6.45) is -0.668. The second-order valence-electron chi connectivity index (χ2n) is 8.45. The molecule has 0 spiro atoms. The third kappa shape index (κ3) is 4.78. The number of anilines is 1. The van der Waals surface area contributed by atoms with E-state index in [9.17, 15) is 14.4 Å². The highest BCUT2D eigenvalue weighted by atomic mass is 16.5. The highest BCUT2D eigenvalue weighted by Gasteiger charge is 2.29. The number of aliphatic carboxylic acids is 1. The number of benzene rings is 3. The number of hydrogen-bond donors (Lipinski definition) is 3. The van der Waals surface area contributed by atoms with Crippen molar-refractivity contribution in [1.82, 2.24) is 5.32 Å². The number of carbonyl (C=O) groups excluding carboxylic acids is 2. The van der Waals surface area contributed by atoms with E-state index in [4.69, 9.17) is 9.84 Å². The molecule has 0 fully saturated rings. The molecule has 3 aromatic rings. The molecule has 34 heavy (non-hydrogen) atoms. The summed E-state index contributed by atoms with van der Waals surface area (Å²) in [6, 6.07) is 21.2. The van der Waals surface area contributed by atoms with Crippen molar-refractivity contribution in [3.8, 4) is 11.1 Å². The Labute approximate surface area is 197 Å². The van der Waals surface area contributed by atoms with E-state index < -0.39 is 23.9 Å². The van der Waals surface area contributed by atoms with Gasteiger partial charge in [-0.3, -0.25) is 14.9 Å². The number of fused-ring (bicyclic) bond motifs is 3. The van der Waals surface area contributed by atoms with Crippen LogP contribution in [-0.4, -0.2) is 36.2 Å². The summed E-state index contributed by atoms with van der Waals surface area (Å²) in [5, 5.41) is 14.3. The molecule has 1 atom stereocenters. The summed E-state index contributed by atoms with van der Waals surface area (Å²) in [5.74, 6) is -2.27. The number of carboxylic acid groups (broad SMARTS) is 1. The van der Waals surface area contributed by atoms with Gasteiger partial charge in [-0.25, -0.2) is 4.79 Å². The summed E-state index contributed by atoms with van der Waals surface area (Å²) in [7, 11) is 0. The van der Waals surface area contributed by atoms with Crippen molar-refractivity contribution in [3.63, 3.8) is 0 Å². The van der Waals surface area contributed by atoms with E-state index in [1.165, 1.54) is 6.92 Å². The van der Waals surface area contributed by atoms with E-state index in [2.05, 4.69) is 22.8 Å². The fraction of sp³-hybridized carbons (Fsp3) is 0.222. The van der Waals surface area contributed by atoms with Crippen molar-refractivity contribution in [1.29, 1.82) is 0 Å². The lowest BCUT2D eigenvalue weighted by atomic mass is 9.98. The van der Waals surface area contributed by atoms with Crippen LogP contribution in [0.5, 0.6) is 0 Å². The number of amides is 2. The molecule has 0 bridgehead atoms. The molecule has 4 rings (SSSR count). The summed E-state index contributed by atoms with van der Waals surface area (Å²) in [4.78, 5) is 36.4. The Hall–Kier alpha value is -4.13. The van der Waals surface area contributed by atoms with Crippen molar-refractivity contribution in [2.45, 2.75) is 19.8 Å². The van der Waals surface area contributed by atoms with E-state index in [-0.39, 0.29) is 24.6 Å². The molecule has 7 heteroatoms. The molecule has 3 aromatic carbocycles. The van der Waals surface area contributed by atoms with Gasteiger partial charge in [0, 0.05) is 12.5 Å². The Morgan fingerprint density at radius 2 is 1.59 bits per heavy atom. The second-order valence-corrected chi connectivity index (χ2v) is 8.45. The first kappa shape index (κ1) is 23.0. The van der Waals surface area contributed by atoms with E-state index in [0.717, 1.165) is 27.8 Å². The minimum atomic E-state index is -0.999. The molecule has 0 saturated heterocycles. The number of rotatable bonds is 7. The highest BCUT2D eigenvalue weighted by molar-refractivity contribution is 6.03. The number of ether oxygens (including phenoxy) is 1. The lowest BCUT2D eigenvalue weighted by Gasteiger charge is -2.16. The van der Waals surface area contributed by atoms with Crippen LogP contribution in [0.4, 0.5) is 10.5 Å². The maximum atomic E-state index is 12.7. The van der Waals surface area contributed by atoms with Gasteiger partial charge in [0.15, 0.2) is 0 Å². The van der Waals surface area contributed by atoms with Gasteiger partial charge in [0.25, 0.3) is 5.91 Å². The van der Waals surface area contributed by atoms with Gasteiger partial charge in [0.1, 0.15) is 6.61 Å². The van der Waals surface area contributed by atoms with Crippen LogP contribution >= 0.6 is 0 Å². The Morgan fingerprint density at radius 3 is 2.21 bits per heavy atom. The molecule has 2 amide bonds. The van der Waals surface area contributed by atoms with Crippen LogP contribution in [0, 0.1) is 12.8 Å². The Bertz CT molecular complexity index is 1210. The average molecular weight is 459 g/mol. The van der Waals surface area contributed by atoms with Gasteiger partial charge in [0.2, 0.25) is 0 Å². The van der Waals surface area contributed by atoms with E-state index in [1.54, 1.807) is 18.2 Å². The molecule has 0 heterocycles. The standard InChI is InChI=1S/C27H26N2O5/c1-16-11-12-24(22(13-16)25(30)28-14-17(2)26(31)32)29-27(33)34-15-23-20-9-5-3-7-18(20)19-8-4-6-10-21(19)23/h3-13,17,23H,14-15H2,1-2H3,(H,28,30)(H,29,33)(H,31,32). The summed E-state index contributed by atoms with van der Waals surface area (Å²) in [5.41, 5.74) is 5.86. The zero-order valence-corrected chi connectivity index (χ0v) is 19.0. The van der Waals surface area contributed by atoms with Crippen molar-refractivity contribution in [2.75, 3.05) is 18.5 Å². The zero-order valence-electron chi connectivity index (χ0n) is 19.0. The summed E-state index contributed by atoms with van der Waals surface area (Å²) < 4.78 is 5.58. The average Bonchev–Trinajstić information content (AvgIpc) is 3.15. The van der Waals surface area contributed by atoms with Gasteiger partial charge in [-0.2, -0.15) is 0 Å². The highest BCUT2D eigenvalue weighted by Crippen LogP contribution is 2.44. The van der Waals surface area contributed by atoms with Crippen LogP contribution in [-0.2, 0) is 9.53 Å². The second kappa shape index (κ2) is 9.79. The maximum Gasteiger partial charge on any atom is 0.411 e. The van der Waals surface area contributed by atoms with Crippen LogP contribution in [0.2, 0.25) is 0 Å². The Morgan fingerprint density at radius 1 is 0.971 bits per heavy atom. The Kier molecular flexibility index (Phi) is 6.63. The molecule has 1 unspecified atom stereocenters. The van der Waals surface area contributed by atoms with Gasteiger partial charge in [-0.15, -0.1) is 0 Å². The molecule has 0 aliphatic heterocycles. The van der Waals surface area contributed by atoms with Crippen molar-refractivity contribution >= 4 is 23.7 Å². The largest absolute Gasteiger partial charge is 0.481 e. The smallest absolute Gasteiger partial charge is 0.411 e.